The van der Waals surface area contributed by atoms with Gasteiger partial charge in [0.15, 0.2) is 0 Å². The van der Waals surface area contributed by atoms with Gasteiger partial charge in [-0.3, -0.25) is 4.79 Å². The van der Waals surface area contributed by atoms with Gasteiger partial charge in [-0.25, -0.2) is 13.4 Å². The predicted molar refractivity (Wildman–Crippen MR) is 106 cm³/mol. The highest BCUT2D eigenvalue weighted by Crippen LogP contribution is 2.20. The van der Waals surface area contributed by atoms with Crippen molar-refractivity contribution in [3.05, 3.63) is 48.2 Å². The van der Waals surface area contributed by atoms with Crippen molar-refractivity contribution in [1.82, 2.24) is 14.6 Å². The molecule has 0 aliphatic carbocycles. The number of piperidine rings is 1. The number of sulfonamides is 1. The van der Waals surface area contributed by atoms with Crippen molar-refractivity contribution < 1.29 is 18.3 Å². The molecule has 8 nitrogen and oxygen atoms in total. The molecule has 1 amide bonds. The number of nitrogens with zero attached hydrogens (tertiary/aromatic N) is 2. The van der Waals surface area contributed by atoms with Crippen LogP contribution in [0.5, 0.6) is 5.75 Å². The number of pyridine rings is 1. The first-order chi connectivity index (χ1) is 13.5. The minimum atomic E-state index is -3.48. The first kappa shape index (κ1) is 20.1. The molecule has 1 aliphatic heterocycles. The van der Waals surface area contributed by atoms with Gasteiger partial charge in [0.2, 0.25) is 10.0 Å². The van der Waals surface area contributed by atoms with Crippen LogP contribution in [0.1, 0.15) is 29.6 Å². The average molecular weight is 404 g/mol. The molecule has 0 radical (unpaired) electrons. The zero-order valence-corrected chi connectivity index (χ0v) is 16.3. The van der Waals surface area contributed by atoms with Gasteiger partial charge >= 0.3 is 0 Å². The second kappa shape index (κ2) is 9.03. The Bertz CT molecular complexity index is 893. The fraction of sp³-hybridized carbons (Fsp3) is 0.368. The van der Waals surface area contributed by atoms with E-state index < -0.39 is 10.0 Å². The monoisotopic (exact) mass is 404 g/mol. The second-order valence-electron chi connectivity index (χ2n) is 6.57. The molecule has 28 heavy (non-hydrogen) atoms. The standard InChI is InChI=1S/C19H24N4O4S/c24-16-6-4-15(5-7-16)19(25)21-11-10-20-18-9-8-17(14-22-18)28(26,27)23-12-2-1-3-13-23/h4-9,14,24H,1-3,10-13H2,(H,20,22)(H,21,25). The number of carbonyl (C=O) groups excluding carboxylic acids is 1. The molecule has 3 N–H and O–H groups in total. The van der Waals surface area contributed by atoms with Crippen LogP contribution in [-0.2, 0) is 10.0 Å². The van der Waals surface area contributed by atoms with E-state index in [2.05, 4.69) is 15.6 Å². The van der Waals surface area contributed by atoms with Crippen LogP contribution in [-0.4, -0.2) is 54.9 Å². The molecule has 2 aromatic rings. The summed E-state index contributed by atoms with van der Waals surface area (Å²) in [6.07, 6.45) is 4.21. The van der Waals surface area contributed by atoms with E-state index in [1.165, 1.54) is 22.6 Å². The summed E-state index contributed by atoms with van der Waals surface area (Å²) in [6, 6.07) is 9.17. The summed E-state index contributed by atoms with van der Waals surface area (Å²) >= 11 is 0. The van der Waals surface area contributed by atoms with Crippen LogP contribution in [0, 0.1) is 0 Å². The Morgan fingerprint density at radius 1 is 1.04 bits per heavy atom. The highest BCUT2D eigenvalue weighted by atomic mass is 32.2. The molecule has 0 spiro atoms. The number of phenols is 1. The Hall–Kier alpha value is -2.65. The third kappa shape index (κ3) is 4.99. The Balaban J connectivity index is 1.48. The number of nitrogens with one attached hydrogen (secondary N) is 2. The van der Waals surface area contributed by atoms with E-state index in [4.69, 9.17) is 0 Å². The van der Waals surface area contributed by atoms with Gasteiger partial charge in [0, 0.05) is 37.9 Å². The third-order valence-corrected chi connectivity index (χ3v) is 6.42. The topological polar surface area (TPSA) is 112 Å². The molecule has 0 atom stereocenters. The maximum atomic E-state index is 12.6. The lowest BCUT2D eigenvalue weighted by Gasteiger charge is -2.25. The lowest BCUT2D eigenvalue weighted by atomic mass is 10.2. The van der Waals surface area contributed by atoms with Crippen molar-refractivity contribution in [3.63, 3.8) is 0 Å². The minimum absolute atomic E-state index is 0.107. The number of anilines is 1. The number of carbonyl (C=O) groups is 1. The van der Waals surface area contributed by atoms with Gasteiger partial charge in [-0.2, -0.15) is 4.31 Å². The smallest absolute Gasteiger partial charge is 0.251 e. The molecule has 2 heterocycles. The third-order valence-electron chi connectivity index (χ3n) is 4.54. The number of hydrogen-bond donors (Lipinski definition) is 3. The van der Waals surface area contributed by atoms with E-state index in [0.29, 0.717) is 37.6 Å². The summed E-state index contributed by atoms with van der Waals surface area (Å²) in [5.74, 6) is 0.407. The summed E-state index contributed by atoms with van der Waals surface area (Å²) < 4.78 is 26.7. The lowest BCUT2D eigenvalue weighted by molar-refractivity contribution is 0.0955. The summed E-state index contributed by atoms with van der Waals surface area (Å²) in [6.45, 7) is 1.93. The quantitative estimate of drug-likeness (QED) is 0.607. The summed E-state index contributed by atoms with van der Waals surface area (Å²) in [4.78, 5) is 16.3. The van der Waals surface area contributed by atoms with Crippen LogP contribution in [0.2, 0.25) is 0 Å². The van der Waals surface area contributed by atoms with Gasteiger partial charge in [-0.1, -0.05) is 6.42 Å². The van der Waals surface area contributed by atoms with E-state index >= 15 is 0 Å². The van der Waals surface area contributed by atoms with E-state index in [9.17, 15) is 18.3 Å². The van der Waals surface area contributed by atoms with Gasteiger partial charge in [-0.05, 0) is 49.2 Å². The van der Waals surface area contributed by atoms with Crippen LogP contribution in [0.3, 0.4) is 0 Å². The number of hydrogen-bond acceptors (Lipinski definition) is 6. The fourth-order valence-electron chi connectivity index (χ4n) is 2.97. The maximum Gasteiger partial charge on any atom is 0.251 e. The van der Waals surface area contributed by atoms with Crippen LogP contribution < -0.4 is 10.6 Å². The van der Waals surface area contributed by atoms with Gasteiger partial charge in [0.05, 0.1) is 0 Å². The van der Waals surface area contributed by atoms with Crippen LogP contribution in [0.15, 0.2) is 47.5 Å². The van der Waals surface area contributed by atoms with E-state index in [0.717, 1.165) is 19.3 Å². The average Bonchev–Trinajstić information content (AvgIpc) is 2.72. The number of aromatic nitrogens is 1. The van der Waals surface area contributed by atoms with Crippen molar-refractivity contribution in [3.8, 4) is 5.75 Å². The second-order valence-corrected chi connectivity index (χ2v) is 8.51. The summed E-state index contributed by atoms with van der Waals surface area (Å²) in [5.41, 5.74) is 0.461. The predicted octanol–water partition coefficient (Wildman–Crippen LogP) is 1.80. The molecule has 1 aromatic carbocycles. The first-order valence-electron chi connectivity index (χ1n) is 9.24. The normalized spacial score (nSPS) is 15.1. The Labute approximate surface area is 164 Å². The number of amides is 1. The molecule has 0 saturated carbocycles. The fourth-order valence-corrected chi connectivity index (χ4v) is 4.44. The minimum Gasteiger partial charge on any atom is -0.508 e. The molecule has 0 bridgehead atoms. The van der Waals surface area contributed by atoms with Crippen molar-refractivity contribution in [2.24, 2.45) is 0 Å². The molecule has 9 heteroatoms. The van der Waals surface area contributed by atoms with Crippen molar-refractivity contribution in [2.75, 3.05) is 31.5 Å². The number of phenolic OH excluding ortho intramolecular Hbond substituents is 1. The van der Waals surface area contributed by atoms with Crippen LogP contribution in [0.4, 0.5) is 5.82 Å². The summed E-state index contributed by atoms with van der Waals surface area (Å²) in [7, 11) is -3.48. The Morgan fingerprint density at radius 3 is 2.39 bits per heavy atom. The molecule has 0 unspecified atom stereocenters. The SMILES string of the molecule is O=C(NCCNc1ccc(S(=O)(=O)N2CCCCC2)cn1)c1ccc(O)cc1. The zero-order valence-electron chi connectivity index (χ0n) is 15.5. The summed E-state index contributed by atoms with van der Waals surface area (Å²) in [5, 5.41) is 15.0. The molecular weight excluding hydrogens is 380 g/mol. The molecule has 1 saturated heterocycles. The van der Waals surface area contributed by atoms with Crippen molar-refractivity contribution in [1.29, 1.82) is 0 Å². The Morgan fingerprint density at radius 2 is 1.75 bits per heavy atom. The maximum absolute atomic E-state index is 12.6. The number of aromatic hydroxyl groups is 1. The van der Waals surface area contributed by atoms with Gasteiger partial charge in [-0.15, -0.1) is 0 Å². The Kier molecular flexibility index (Phi) is 6.48. The van der Waals surface area contributed by atoms with Crippen LogP contribution >= 0.6 is 0 Å². The van der Waals surface area contributed by atoms with Crippen LogP contribution in [0.25, 0.3) is 0 Å². The van der Waals surface area contributed by atoms with Gasteiger partial charge < -0.3 is 15.7 Å². The molecule has 1 fully saturated rings. The van der Waals surface area contributed by atoms with E-state index in [1.807, 2.05) is 0 Å². The highest BCUT2D eigenvalue weighted by molar-refractivity contribution is 7.89. The van der Waals surface area contributed by atoms with Crippen molar-refractivity contribution in [2.45, 2.75) is 24.2 Å². The largest absolute Gasteiger partial charge is 0.508 e. The molecule has 150 valence electrons. The van der Waals surface area contributed by atoms with E-state index in [-0.39, 0.29) is 16.6 Å². The highest BCUT2D eigenvalue weighted by Gasteiger charge is 2.26. The van der Waals surface area contributed by atoms with Crippen molar-refractivity contribution >= 4 is 21.7 Å². The number of benzene rings is 1. The molecule has 1 aliphatic rings. The zero-order chi connectivity index (χ0) is 20.0. The molecule has 3 rings (SSSR count). The molecule has 1 aromatic heterocycles. The van der Waals surface area contributed by atoms with E-state index in [1.54, 1.807) is 24.3 Å². The first-order valence-corrected chi connectivity index (χ1v) is 10.7. The number of rotatable bonds is 7. The molecular formula is C19H24N4O4S. The van der Waals surface area contributed by atoms with Gasteiger partial charge in [0.25, 0.3) is 5.91 Å². The lowest BCUT2D eigenvalue weighted by Crippen LogP contribution is -2.35. The van der Waals surface area contributed by atoms with Gasteiger partial charge in [0.1, 0.15) is 16.5 Å².